The minimum atomic E-state index is -0.533. The third kappa shape index (κ3) is 3.88. The Morgan fingerprint density at radius 2 is 2.10 bits per heavy atom. The highest BCUT2D eigenvalue weighted by Crippen LogP contribution is 2.14. The van der Waals surface area contributed by atoms with E-state index in [1.165, 1.54) is 24.4 Å². The first kappa shape index (κ1) is 14.7. The number of aliphatic hydroxyl groups is 1. The summed E-state index contributed by atoms with van der Waals surface area (Å²) in [6, 6.07) is 9.19. The molecule has 0 saturated carbocycles. The van der Waals surface area contributed by atoms with E-state index >= 15 is 0 Å². The lowest BCUT2D eigenvalue weighted by molar-refractivity contribution is 0.102. The number of nitrogens with one attached hydrogen (secondary N) is 1. The van der Waals surface area contributed by atoms with E-state index in [-0.39, 0.29) is 18.0 Å². The van der Waals surface area contributed by atoms with Crippen LogP contribution in [0.2, 0.25) is 0 Å². The van der Waals surface area contributed by atoms with E-state index in [2.05, 4.69) is 22.1 Å². The summed E-state index contributed by atoms with van der Waals surface area (Å²) in [6.07, 6.45) is 1.77. The molecule has 1 aromatic heterocycles. The van der Waals surface area contributed by atoms with Crippen LogP contribution in [0.3, 0.4) is 0 Å². The predicted molar refractivity (Wildman–Crippen MR) is 77.2 cm³/mol. The lowest BCUT2D eigenvalue weighted by Crippen LogP contribution is -2.16. The van der Waals surface area contributed by atoms with Crippen LogP contribution in [0.25, 0.3) is 0 Å². The van der Waals surface area contributed by atoms with Crippen molar-refractivity contribution in [2.45, 2.75) is 6.42 Å². The van der Waals surface area contributed by atoms with Crippen molar-refractivity contribution in [1.29, 1.82) is 0 Å². The summed E-state index contributed by atoms with van der Waals surface area (Å²) < 4.78 is 13.5. The summed E-state index contributed by atoms with van der Waals surface area (Å²) in [7, 11) is 0. The molecule has 1 heterocycles. The van der Waals surface area contributed by atoms with Gasteiger partial charge in [0.1, 0.15) is 11.5 Å². The molecule has 2 rings (SSSR count). The first-order chi connectivity index (χ1) is 10.2. The minimum Gasteiger partial charge on any atom is -0.395 e. The molecule has 0 unspecified atom stereocenters. The first-order valence-electron chi connectivity index (χ1n) is 6.33. The highest BCUT2D eigenvalue weighted by Gasteiger charge is 2.13. The summed E-state index contributed by atoms with van der Waals surface area (Å²) in [4.78, 5) is 16.1. The topological polar surface area (TPSA) is 62.2 Å². The first-order valence-corrected chi connectivity index (χ1v) is 6.33. The molecule has 1 amide bonds. The summed E-state index contributed by atoms with van der Waals surface area (Å²) in [5, 5.41) is 11.2. The van der Waals surface area contributed by atoms with Crippen molar-refractivity contribution in [3.05, 3.63) is 59.7 Å². The summed E-state index contributed by atoms with van der Waals surface area (Å²) in [5.74, 6) is 4.44. The average Bonchev–Trinajstić information content (AvgIpc) is 2.50. The number of carbonyl (C=O) groups excluding carboxylic acids is 1. The van der Waals surface area contributed by atoms with Crippen LogP contribution in [0.15, 0.2) is 42.6 Å². The normalized spacial score (nSPS) is 9.62. The minimum absolute atomic E-state index is 0.0516. The van der Waals surface area contributed by atoms with Gasteiger partial charge < -0.3 is 10.4 Å². The van der Waals surface area contributed by atoms with Gasteiger partial charge in [0.15, 0.2) is 0 Å². The second-order valence-electron chi connectivity index (χ2n) is 4.11. The number of hydrogen-bond donors (Lipinski definition) is 2. The molecular formula is C16H13FN2O2. The molecule has 0 saturated heterocycles. The molecule has 5 heteroatoms. The van der Waals surface area contributed by atoms with Crippen LogP contribution in [-0.2, 0) is 0 Å². The van der Waals surface area contributed by atoms with E-state index in [4.69, 9.17) is 5.11 Å². The lowest BCUT2D eigenvalue weighted by Gasteiger charge is -2.06. The van der Waals surface area contributed by atoms with Crippen LogP contribution in [0, 0.1) is 17.7 Å². The SMILES string of the molecule is O=C(Nc1ccccc1F)c1ncccc1C#CCCO. The Labute approximate surface area is 121 Å². The molecule has 0 fully saturated rings. The van der Waals surface area contributed by atoms with Crippen molar-refractivity contribution in [2.75, 3.05) is 11.9 Å². The van der Waals surface area contributed by atoms with Gasteiger partial charge in [0.25, 0.3) is 5.91 Å². The lowest BCUT2D eigenvalue weighted by atomic mass is 10.1. The number of benzene rings is 1. The number of halogens is 1. The molecule has 21 heavy (non-hydrogen) atoms. The van der Waals surface area contributed by atoms with Gasteiger partial charge in [0.2, 0.25) is 0 Å². The maximum Gasteiger partial charge on any atom is 0.275 e. The van der Waals surface area contributed by atoms with Gasteiger partial charge in [-0.1, -0.05) is 24.0 Å². The molecule has 0 aliphatic carbocycles. The number of aromatic nitrogens is 1. The maximum atomic E-state index is 13.5. The summed E-state index contributed by atoms with van der Waals surface area (Å²) in [5.41, 5.74) is 0.633. The number of anilines is 1. The smallest absolute Gasteiger partial charge is 0.275 e. The van der Waals surface area contributed by atoms with Gasteiger partial charge in [0.05, 0.1) is 17.9 Å². The number of rotatable bonds is 3. The fourth-order valence-electron chi connectivity index (χ4n) is 1.64. The Morgan fingerprint density at radius 1 is 1.29 bits per heavy atom. The Bertz CT molecular complexity index is 705. The fourth-order valence-corrected chi connectivity index (χ4v) is 1.64. The quantitative estimate of drug-likeness (QED) is 0.849. The largest absolute Gasteiger partial charge is 0.395 e. The van der Waals surface area contributed by atoms with Crippen molar-refractivity contribution in [1.82, 2.24) is 4.98 Å². The monoisotopic (exact) mass is 284 g/mol. The van der Waals surface area contributed by atoms with Crippen LogP contribution in [0.5, 0.6) is 0 Å². The van der Waals surface area contributed by atoms with Crippen LogP contribution >= 0.6 is 0 Å². The Balaban J connectivity index is 2.24. The van der Waals surface area contributed by atoms with Crippen LogP contribution in [0.4, 0.5) is 10.1 Å². The zero-order chi connectivity index (χ0) is 15.1. The fraction of sp³-hybridized carbons (Fsp3) is 0.125. The van der Waals surface area contributed by atoms with Crippen molar-refractivity contribution in [3.8, 4) is 11.8 Å². The number of carbonyl (C=O) groups is 1. The van der Waals surface area contributed by atoms with Crippen LogP contribution < -0.4 is 5.32 Å². The van der Waals surface area contributed by atoms with Gasteiger partial charge >= 0.3 is 0 Å². The standard InChI is InChI=1S/C16H13FN2O2/c17-13-8-1-2-9-14(13)19-16(21)15-12(6-3-4-11-20)7-5-10-18-15/h1-2,5,7-10,20H,4,11H2,(H,19,21). The third-order valence-electron chi connectivity index (χ3n) is 2.60. The number of para-hydroxylation sites is 1. The van der Waals surface area contributed by atoms with E-state index in [9.17, 15) is 9.18 Å². The summed E-state index contributed by atoms with van der Waals surface area (Å²) >= 11 is 0. The molecular weight excluding hydrogens is 271 g/mol. The molecule has 0 atom stereocenters. The zero-order valence-corrected chi connectivity index (χ0v) is 11.1. The van der Waals surface area contributed by atoms with E-state index in [1.54, 1.807) is 18.2 Å². The second-order valence-corrected chi connectivity index (χ2v) is 4.11. The van der Waals surface area contributed by atoms with E-state index in [0.717, 1.165) is 0 Å². The molecule has 0 aliphatic heterocycles. The molecule has 0 aliphatic rings. The van der Waals surface area contributed by atoms with Crippen LogP contribution in [0.1, 0.15) is 22.5 Å². The Kier molecular flexibility index (Phi) is 5.02. The number of hydrogen-bond acceptors (Lipinski definition) is 3. The molecule has 4 nitrogen and oxygen atoms in total. The molecule has 106 valence electrons. The molecule has 0 spiro atoms. The van der Waals surface area contributed by atoms with Crippen molar-refractivity contribution >= 4 is 11.6 Å². The number of amides is 1. The average molecular weight is 284 g/mol. The van der Waals surface area contributed by atoms with Crippen molar-refractivity contribution < 1.29 is 14.3 Å². The van der Waals surface area contributed by atoms with Gasteiger partial charge in [-0.25, -0.2) is 9.37 Å². The van der Waals surface area contributed by atoms with Gasteiger partial charge in [-0.2, -0.15) is 0 Å². The number of aliphatic hydroxyl groups excluding tert-OH is 1. The van der Waals surface area contributed by atoms with Gasteiger partial charge in [-0.05, 0) is 24.3 Å². The molecule has 2 N–H and O–H groups in total. The third-order valence-corrected chi connectivity index (χ3v) is 2.60. The highest BCUT2D eigenvalue weighted by molar-refractivity contribution is 6.04. The van der Waals surface area contributed by atoms with Crippen LogP contribution in [-0.4, -0.2) is 22.6 Å². The summed E-state index contributed by atoms with van der Waals surface area (Å²) in [6.45, 7) is -0.0516. The Morgan fingerprint density at radius 3 is 2.86 bits per heavy atom. The van der Waals surface area contributed by atoms with Crippen molar-refractivity contribution in [2.24, 2.45) is 0 Å². The van der Waals surface area contributed by atoms with E-state index < -0.39 is 11.7 Å². The van der Waals surface area contributed by atoms with Gasteiger partial charge in [-0.3, -0.25) is 4.79 Å². The van der Waals surface area contributed by atoms with Crippen molar-refractivity contribution in [3.63, 3.8) is 0 Å². The zero-order valence-electron chi connectivity index (χ0n) is 11.1. The number of nitrogens with zero attached hydrogens (tertiary/aromatic N) is 1. The highest BCUT2D eigenvalue weighted by atomic mass is 19.1. The molecule has 0 bridgehead atoms. The van der Waals surface area contributed by atoms with Gasteiger partial charge in [0, 0.05) is 12.6 Å². The molecule has 0 radical (unpaired) electrons. The van der Waals surface area contributed by atoms with Gasteiger partial charge in [-0.15, -0.1) is 0 Å². The number of pyridine rings is 1. The molecule has 1 aromatic carbocycles. The maximum absolute atomic E-state index is 13.5. The molecule has 2 aromatic rings. The predicted octanol–water partition coefficient (Wildman–Crippen LogP) is 2.21. The second kappa shape index (κ2) is 7.17. The Hall–Kier alpha value is -2.71. The van der Waals surface area contributed by atoms with E-state index in [0.29, 0.717) is 12.0 Å². The van der Waals surface area contributed by atoms with E-state index in [1.807, 2.05) is 0 Å².